The maximum atomic E-state index is 14.1. The first-order valence-electron chi connectivity index (χ1n) is 14.1. The molecule has 2 atom stereocenters. The lowest BCUT2D eigenvalue weighted by Crippen LogP contribution is -2.47. The van der Waals surface area contributed by atoms with E-state index in [2.05, 4.69) is 51.2 Å². The molecule has 4 aromatic rings. The van der Waals surface area contributed by atoms with E-state index >= 15 is 0 Å². The summed E-state index contributed by atoms with van der Waals surface area (Å²) < 4.78 is 1.52. The van der Waals surface area contributed by atoms with Crippen LogP contribution in [0.2, 0.25) is 0 Å². The third-order valence-electron chi connectivity index (χ3n) is 8.28. The number of amides is 1. The zero-order valence-corrected chi connectivity index (χ0v) is 22.6. The highest BCUT2D eigenvalue weighted by molar-refractivity contribution is 5.87. The van der Waals surface area contributed by atoms with Gasteiger partial charge in [0.05, 0.1) is 22.7 Å². The molecule has 0 radical (unpaired) electrons. The van der Waals surface area contributed by atoms with Gasteiger partial charge in [-0.15, -0.1) is 0 Å². The molecule has 2 aliphatic heterocycles. The number of hydrogen-bond donors (Lipinski definition) is 1. The minimum Gasteiger partial charge on any atom is -0.340 e. The number of carbonyl (C=O) groups excluding carboxylic acids is 1. The topological polar surface area (TPSA) is 88.4 Å². The minimum atomic E-state index is -0.795. The van der Waals surface area contributed by atoms with E-state index in [0.29, 0.717) is 35.6 Å². The van der Waals surface area contributed by atoms with Crippen molar-refractivity contribution in [1.82, 2.24) is 24.3 Å². The summed E-state index contributed by atoms with van der Waals surface area (Å²) in [4.78, 5) is 37.1. The molecule has 204 valence electrons. The first kappa shape index (κ1) is 26.1. The first-order chi connectivity index (χ1) is 19.6. The fourth-order valence-corrected chi connectivity index (χ4v) is 6.18. The minimum absolute atomic E-state index is 0.0771. The van der Waals surface area contributed by atoms with E-state index in [1.165, 1.54) is 10.1 Å². The predicted molar refractivity (Wildman–Crippen MR) is 155 cm³/mol. The van der Waals surface area contributed by atoms with Crippen LogP contribution in [0.25, 0.3) is 11.0 Å². The molecule has 2 aliphatic rings. The predicted octanol–water partition coefficient (Wildman–Crippen LogP) is 3.46. The summed E-state index contributed by atoms with van der Waals surface area (Å²) in [5, 5.41) is 9.45. The number of nitriles is 1. The molecule has 0 spiro atoms. The Labute approximate surface area is 234 Å². The highest BCUT2D eigenvalue weighted by Gasteiger charge is 2.35. The number of piperazine rings is 1. The van der Waals surface area contributed by atoms with Gasteiger partial charge in [0, 0.05) is 52.4 Å². The van der Waals surface area contributed by atoms with Gasteiger partial charge in [0.2, 0.25) is 5.91 Å². The summed E-state index contributed by atoms with van der Waals surface area (Å²) in [5.74, 6) is 0.331. The normalized spacial score (nSPS) is 19.1. The smallest absolute Gasteiger partial charge is 0.327 e. The number of benzene rings is 3. The number of nitrogens with zero attached hydrogens (tertiary/aromatic N) is 5. The average Bonchev–Trinajstić information content (AvgIpc) is 3.59. The van der Waals surface area contributed by atoms with E-state index in [-0.39, 0.29) is 11.6 Å². The third-order valence-corrected chi connectivity index (χ3v) is 8.28. The van der Waals surface area contributed by atoms with Crippen LogP contribution in [0.1, 0.15) is 29.2 Å². The Hall–Kier alpha value is -4.19. The molecule has 1 N–H and O–H groups in total. The molecule has 1 amide bonds. The fraction of sp³-hybridized carbons (Fsp3) is 0.344. The molecule has 0 saturated carbocycles. The first-order valence-corrected chi connectivity index (χ1v) is 14.1. The van der Waals surface area contributed by atoms with Crippen molar-refractivity contribution in [2.24, 2.45) is 5.92 Å². The molecule has 3 aromatic carbocycles. The second kappa shape index (κ2) is 11.5. The Bertz CT molecular complexity index is 1560. The molecule has 2 fully saturated rings. The SMILES string of the molecule is N#Cc1ccc2[nH]c(=O)n(C(C(=O)N3CC[C@H](CN4CCN(Cc5ccccc5)CC4)C3)c3ccccc3)c2c1. The van der Waals surface area contributed by atoms with Gasteiger partial charge in [-0.3, -0.25) is 14.3 Å². The van der Waals surface area contributed by atoms with Crippen LogP contribution in [0.4, 0.5) is 0 Å². The van der Waals surface area contributed by atoms with E-state index in [0.717, 1.165) is 51.3 Å². The van der Waals surface area contributed by atoms with E-state index < -0.39 is 6.04 Å². The van der Waals surface area contributed by atoms with Gasteiger partial charge in [0.15, 0.2) is 0 Å². The van der Waals surface area contributed by atoms with Gasteiger partial charge in [0.25, 0.3) is 0 Å². The number of rotatable bonds is 7. The molecule has 40 heavy (non-hydrogen) atoms. The van der Waals surface area contributed by atoms with Crippen LogP contribution in [-0.4, -0.2) is 76.0 Å². The van der Waals surface area contributed by atoms with Crippen molar-refractivity contribution in [2.45, 2.75) is 19.0 Å². The number of carbonyl (C=O) groups is 1. The van der Waals surface area contributed by atoms with Crippen LogP contribution in [0.3, 0.4) is 0 Å². The van der Waals surface area contributed by atoms with Gasteiger partial charge in [-0.05, 0) is 41.7 Å². The highest BCUT2D eigenvalue weighted by Crippen LogP contribution is 2.28. The van der Waals surface area contributed by atoms with Crippen molar-refractivity contribution < 1.29 is 4.79 Å². The second-order valence-electron chi connectivity index (χ2n) is 11.0. The van der Waals surface area contributed by atoms with Gasteiger partial charge in [-0.1, -0.05) is 60.7 Å². The van der Waals surface area contributed by atoms with E-state index in [4.69, 9.17) is 0 Å². The van der Waals surface area contributed by atoms with Crippen molar-refractivity contribution >= 4 is 16.9 Å². The molecule has 0 bridgehead atoms. The molecule has 6 rings (SSSR count). The zero-order chi connectivity index (χ0) is 27.5. The van der Waals surface area contributed by atoms with Crippen molar-refractivity contribution in [1.29, 1.82) is 5.26 Å². The van der Waals surface area contributed by atoms with Crippen molar-refractivity contribution in [3.63, 3.8) is 0 Å². The Morgan fingerprint density at radius 3 is 2.35 bits per heavy atom. The van der Waals surface area contributed by atoms with E-state index in [1.807, 2.05) is 35.2 Å². The molecular formula is C32H34N6O2. The lowest BCUT2D eigenvalue weighted by atomic mass is 10.0. The van der Waals surface area contributed by atoms with Crippen LogP contribution in [0.5, 0.6) is 0 Å². The van der Waals surface area contributed by atoms with Crippen LogP contribution in [0.15, 0.2) is 83.7 Å². The summed E-state index contributed by atoms with van der Waals surface area (Å²) in [6.45, 7) is 7.52. The molecule has 2 saturated heterocycles. The molecule has 1 unspecified atom stereocenters. The number of hydrogen-bond acceptors (Lipinski definition) is 5. The highest BCUT2D eigenvalue weighted by atomic mass is 16.2. The summed E-state index contributed by atoms with van der Waals surface area (Å²) in [5.41, 5.74) is 3.39. The van der Waals surface area contributed by atoms with Gasteiger partial charge < -0.3 is 14.8 Å². The second-order valence-corrected chi connectivity index (χ2v) is 11.0. The number of fused-ring (bicyclic) bond motifs is 1. The molecule has 0 aliphatic carbocycles. The number of aromatic amines is 1. The largest absolute Gasteiger partial charge is 0.340 e. The quantitative estimate of drug-likeness (QED) is 0.392. The van der Waals surface area contributed by atoms with Crippen LogP contribution < -0.4 is 5.69 Å². The average molecular weight is 535 g/mol. The van der Waals surface area contributed by atoms with Crippen LogP contribution in [-0.2, 0) is 11.3 Å². The van der Waals surface area contributed by atoms with Crippen molar-refractivity contribution in [3.8, 4) is 6.07 Å². The maximum Gasteiger partial charge on any atom is 0.327 e. The standard InChI is InChI=1S/C32H34N6O2/c33-20-25-11-12-28-29(19-25)38(32(40)34-28)30(27-9-5-2-6-10-27)31(39)37-14-13-26(23-37)22-36-17-15-35(16-18-36)21-24-7-3-1-4-8-24/h1-12,19,26,30H,13-18,21-23H2,(H,34,40)/t26-,30?/m1/s1. The molecular weight excluding hydrogens is 500 g/mol. The Morgan fingerprint density at radius 2 is 1.62 bits per heavy atom. The third kappa shape index (κ3) is 5.44. The van der Waals surface area contributed by atoms with Gasteiger partial charge in [-0.25, -0.2) is 4.79 Å². The van der Waals surface area contributed by atoms with Gasteiger partial charge in [0.1, 0.15) is 6.04 Å². The molecule has 1 aromatic heterocycles. The Morgan fingerprint density at radius 1 is 0.925 bits per heavy atom. The lowest BCUT2D eigenvalue weighted by molar-refractivity contribution is -0.132. The summed E-state index contributed by atoms with van der Waals surface area (Å²) in [6.07, 6.45) is 0.957. The van der Waals surface area contributed by atoms with E-state index in [9.17, 15) is 14.9 Å². The van der Waals surface area contributed by atoms with E-state index in [1.54, 1.807) is 18.2 Å². The fourth-order valence-electron chi connectivity index (χ4n) is 6.18. The Balaban J connectivity index is 1.15. The molecule has 3 heterocycles. The van der Waals surface area contributed by atoms with Crippen molar-refractivity contribution in [3.05, 3.63) is 106 Å². The monoisotopic (exact) mass is 534 g/mol. The zero-order valence-electron chi connectivity index (χ0n) is 22.6. The van der Waals surface area contributed by atoms with Crippen LogP contribution in [0, 0.1) is 17.2 Å². The van der Waals surface area contributed by atoms with Crippen molar-refractivity contribution in [2.75, 3.05) is 45.8 Å². The number of H-pyrrole nitrogens is 1. The number of nitrogens with one attached hydrogen (secondary N) is 1. The number of imidazole rings is 1. The summed E-state index contributed by atoms with van der Waals surface area (Å²) in [7, 11) is 0. The lowest BCUT2D eigenvalue weighted by Gasteiger charge is -2.36. The Kier molecular flexibility index (Phi) is 7.49. The number of aromatic nitrogens is 2. The summed E-state index contributed by atoms with van der Waals surface area (Å²) in [6, 6.07) is 26.5. The molecule has 8 nitrogen and oxygen atoms in total. The van der Waals surface area contributed by atoms with Gasteiger partial charge in [-0.2, -0.15) is 5.26 Å². The van der Waals surface area contributed by atoms with Crippen LogP contribution >= 0.6 is 0 Å². The maximum absolute atomic E-state index is 14.1. The number of likely N-dealkylation sites (tertiary alicyclic amines) is 1. The summed E-state index contributed by atoms with van der Waals surface area (Å²) >= 11 is 0. The molecule has 8 heteroatoms. The van der Waals surface area contributed by atoms with Gasteiger partial charge >= 0.3 is 5.69 Å².